The van der Waals surface area contributed by atoms with Gasteiger partial charge in [-0.1, -0.05) is 0 Å². The molecule has 0 spiro atoms. The summed E-state index contributed by atoms with van der Waals surface area (Å²) >= 11 is 0. The third-order valence-corrected chi connectivity index (χ3v) is 2.77. The molecule has 0 aliphatic carbocycles. The fraction of sp³-hybridized carbons (Fsp3) is 0.600. The van der Waals surface area contributed by atoms with Gasteiger partial charge >= 0.3 is 0 Å². The predicted molar refractivity (Wildman–Crippen MR) is 55.7 cm³/mol. The fourth-order valence-electron chi connectivity index (χ4n) is 1.75. The number of imidazole rings is 1. The number of hydrogen-bond acceptors (Lipinski definition) is 2. The molecule has 4 nitrogen and oxygen atoms in total. The largest absolute Gasteiger partial charge is 0.354 e. The van der Waals surface area contributed by atoms with Crippen LogP contribution in [0.5, 0.6) is 0 Å². The Morgan fingerprint density at radius 2 is 2.00 bits per heavy atom. The lowest BCUT2D eigenvalue weighted by Crippen LogP contribution is -2.28. The molecule has 1 fully saturated rings. The van der Waals surface area contributed by atoms with E-state index in [9.17, 15) is 0 Å². The summed E-state index contributed by atoms with van der Waals surface area (Å²) in [5, 5.41) is 7.97. The van der Waals surface area contributed by atoms with Crippen molar-refractivity contribution in [1.82, 2.24) is 14.9 Å². The van der Waals surface area contributed by atoms with Crippen molar-refractivity contribution in [2.75, 3.05) is 13.1 Å². The van der Waals surface area contributed by atoms with Crippen LogP contribution in [0, 0.1) is 19.3 Å². The van der Waals surface area contributed by atoms with Gasteiger partial charge in [0.05, 0.1) is 5.69 Å². The van der Waals surface area contributed by atoms with E-state index in [-0.39, 0.29) is 0 Å². The summed E-state index contributed by atoms with van der Waals surface area (Å²) in [6.45, 7) is 5.95. The topological polar surface area (TPSA) is 55.8 Å². The maximum atomic E-state index is 7.97. The standard InChI is InChI=1S/C10H16N4/c1-7-8(2)13-10(12-7)9(11)14-5-3-4-6-14/h11H,3-6H2,1-2H3,(H,12,13). The smallest absolute Gasteiger partial charge is 0.173 e. The van der Waals surface area contributed by atoms with Crippen LogP contribution in [0.3, 0.4) is 0 Å². The lowest BCUT2D eigenvalue weighted by Gasteiger charge is -2.15. The van der Waals surface area contributed by atoms with E-state index < -0.39 is 0 Å². The molecule has 1 aliphatic heterocycles. The number of aromatic amines is 1. The molecule has 2 rings (SSSR count). The number of nitrogens with one attached hydrogen (secondary N) is 2. The second kappa shape index (κ2) is 3.44. The van der Waals surface area contributed by atoms with Crippen LogP contribution in [0.15, 0.2) is 0 Å². The van der Waals surface area contributed by atoms with Crippen LogP contribution in [0.25, 0.3) is 0 Å². The van der Waals surface area contributed by atoms with Crippen LogP contribution < -0.4 is 0 Å². The van der Waals surface area contributed by atoms with Crippen molar-refractivity contribution in [1.29, 1.82) is 5.41 Å². The second-order valence-electron chi connectivity index (χ2n) is 3.84. The fourth-order valence-corrected chi connectivity index (χ4v) is 1.75. The molecular formula is C10H16N4. The van der Waals surface area contributed by atoms with E-state index in [4.69, 9.17) is 5.41 Å². The van der Waals surface area contributed by atoms with Crippen LogP contribution in [0.1, 0.15) is 30.1 Å². The van der Waals surface area contributed by atoms with Crippen molar-refractivity contribution in [3.8, 4) is 0 Å². The van der Waals surface area contributed by atoms with Crippen LogP contribution in [0.2, 0.25) is 0 Å². The highest BCUT2D eigenvalue weighted by atomic mass is 15.2. The Bertz CT molecular complexity index is 328. The third kappa shape index (κ3) is 1.52. The SMILES string of the molecule is Cc1nc(C(=N)N2CCCC2)[nH]c1C. The Morgan fingerprint density at radius 1 is 1.36 bits per heavy atom. The van der Waals surface area contributed by atoms with Crippen LogP contribution in [0.4, 0.5) is 0 Å². The molecule has 0 amide bonds. The minimum Gasteiger partial charge on any atom is -0.354 e. The minimum atomic E-state index is 0.540. The number of aromatic nitrogens is 2. The molecule has 2 N–H and O–H groups in total. The van der Waals surface area contributed by atoms with Gasteiger partial charge in [-0.15, -0.1) is 0 Å². The lowest BCUT2D eigenvalue weighted by atomic mass is 10.4. The zero-order valence-electron chi connectivity index (χ0n) is 8.72. The van der Waals surface area contributed by atoms with Gasteiger partial charge < -0.3 is 9.88 Å². The molecule has 1 aromatic rings. The molecule has 0 aromatic carbocycles. The zero-order valence-corrected chi connectivity index (χ0v) is 8.72. The summed E-state index contributed by atoms with van der Waals surface area (Å²) in [6.07, 6.45) is 2.39. The molecule has 14 heavy (non-hydrogen) atoms. The highest BCUT2D eigenvalue weighted by Crippen LogP contribution is 2.12. The molecule has 1 saturated heterocycles. The van der Waals surface area contributed by atoms with Gasteiger partial charge in [-0.2, -0.15) is 0 Å². The molecule has 0 unspecified atom stereocenters. The third-order valence-electron chi connectivity index (χ3n) is 2.77. The molecule has 76 valence electrons. The summed E-state index contributed by atoms with van der Waals surface area (Å²) in [6, 6.07) is 0. The molecule has 4 heteroatoms. The van der Waals surface area contributed by atoms with Crippen molar-refractivity contribution in [2.45, 2.75) is 26.7 Å². The Kier molecular flexibility index (Phi) is 2.27. The summed E-state index contributed by atoms with van der Waals surface area (Å²) < 4.78 is 0. The summed E-state index contributed by atoms with van der Waals surface area (Å²) in [5.74, 6) is 1.25. The number of rotatable bonds is 1. The number of hydrogen-bond donors (Lipinski definition) is 2. The first kappa shape index (κ1) is 9.24. The summed E-state index contributed by atoms with van der Waals surface area (Å²) in [7, 11) is 0. The first-order chi connectivity index (χ1) is 6.68. The molecule has 1 aliphatic rings. The van der Waals surface area contributed by atoms with Gasteiger partial charge in [0.1, 0.15) is 0 Å². The van der Waals surface area contributed by atoms with Gasteiger partial charge in [0, 0.05) is 18.8 Å². The molecule has 1 aromatic heterocycles. The number of amidine groups is 1. The van der Waals surface area contributed by atoms with Crippen molar-refractivity contribution in [3.05, 3.63) is 17.2 Å². The molecule has 0 atom stereocenters. The van der Waals surface area contributed by atoms with Crippen LogP contribution in [-0.2, 0) is 0 Å². The van der Waals surface area contributed by atoms with E-state index in [1.807, 2.05) is 13.8 Å². The molecular weight excluding hydrogens is 176 g/mol. The van der Waals surface area contributed by atoms with E-state index in [0.717, 1.165) is 24.5 Å². The number of H-pyrrole nitrogens is 1. The van der Waals surface area contributed by atoms with E-state index in [0.29, 0.717) is 11.7 Å². The van der Waals surface area contributed by atoms with Gasteiger partial charge in [0.15, 0.2) is 11.7 Å². The maximum absolute atomic E-state index is 7.97. The predicted octanol–water partition coefficient (Wildman–Crippen LogP) is 1.45. The zero-order chi connectivity index (χ0) is 10.1. The van der Waals surface area contributed by atoms with Gasteiger partial charge in [0.2, 0.25) is 0 Å². The monoisotopic (exact) mass is 192 g/mol. The summed E-state index contributed by atoms with van der Waals surface area (Å²) in [5.41, 5.74) is 2.05. The number of nitrogens with zero attached hydrogens (tertiary/aromatic N) is 2. The van der Waals surface area contributed by atoms with Crippen molar-refractivity contribution in [2.24, 2.45) is 0 Å². The Balaban J connectivity index is 2.18. The van der Waals surface area contributed by atoms with Gasteiger partial charge in [0.25, 0.3) is 0 Å². The van der Waals surface area contributed by atoms with Crippen molar-refractivity contribution in [3.63, 3.8) is 0 Å². The average Bonchev–Trinajstić information content (AvgIpc) is 2.76. The molecule has 2 heterocycles. The number of likely N-dealkylation sites (tertiary alicyclic amines) is 1. The van der Waals surface area contributed by atoms with Gasteiger partial charge in [-0.25, -0.2) is 4.98 Å². The van der Waals surface area contributed by atoms with Crippen LogP contribution >= 0.6 is 0 Å². The van der Waals surface area contributed by atoms with Crippen molar-refractivity contribution < 1.29 is 0 Å². The van der Waals surface area contributed by atoms with Gasteiger partial charge in [-0.05, 0) is 26.7 Å². The first-order valence-corrected chi connectivity index (χ1v) is 5.05. The highest BCUT2D eigenvalue weighted by Gasteiger charge is 2.18. The Labute approximate surface area is 83.9 Å². The molecule has 0 radical (unpaired) electrons. The molecule has 0 bridgehead atoms. The lowest BCUT2D eigenvalue weighted by molar-refractivity contribution is 0.514. The molecule has 0 saturated carbocycles. The first-order valence-electron chi connectivity index (χ1n) is 5.05. The minimum absolute atomic E-state index is 0.540. The number of aryl methyl sites for hydroxylation is 2. The Hall–Kier alpha value is -1.32. The van der Waals surface area contributed by atoms with E-state index in [2.05, 4.69) is 14.9 Å². The second-order valence-corrected chi connectivity index (χ2v) is 3.84. The summed E-state index contributed by atoms with van der Waals surface area (Å²) in [4.78, 5) is 9.56. The van der Waals surface area contributed by atoms with Gasteiger partial charge in [-0.3, -0.25) is 5.41 Å². The van der Waals surface area contributed by atoms with E-state index in [1.54, 1.807) is 0 Å². The highest BCUT2D eigenvalue weighted by molar-refractivity contribution is 5.93. The average molecular weight is 192 g/mol. The maximum Gasteiger partial charge on any atom is 0.173 e. The Morgan fingerprint density at radius 3 is 2.50 bits per heavy atom. The van der Waals surface area contributed by atoms with Crippen LogP contribution in [-0.4, -0.2) is 33.8 Å². The quantitative estimate of drug-likeness (QED) is 0.522. The van der Waals surface area contributed by atoms with E-state index >= 15 is 0 Å². The van der Waals surface area contributed by atoms with E-state index in [1.165, 1.54) is 12.8 Å². The normalized spacial score (nSPS) is 16.3. The van der Waals surface area contributed by atoms with Crippen molar-refractivity contribution >= 4 is 5.84 Å².